The molecule has 3 amide bonds. The lowest BCUT2D eigenvalue weighted by Gasteiger charge is -2.35. The summed E-state index contributed by atoms with van der Waals surface area (Å²) in [7, 11) is -2.92. The van der Waals surface area contributed by atoms with Gasteiger partial charge in [0.1, 0.15) is 42.3 Å². The van der Waals surface area contributed by atoms with Crippen LogP contribution in [-0.4, -0.2) is 107 Å². The standard InChI is InChI=1S/C34H39N6O14P/c1-20-26(53-33(45)51-20)17-49-55(47,50-18-27-21(2)52-34(46)54-27)19-25(31(42)38-11-13-39(14-12-38)32(43)44)36-30(41)24-15-28(40-10-9-23(16-40)48-3)37-29(35-24)22-7-5-4-6-8-22/h4-8,15,23,25H,9-14,16-19H2,1-3H3,(H,36,41)(H,43,44)/t23-,25-/m0/s1. The Morgan fingerprint density at radius 2 is 1.51 bits per heavy atom. The van der Waals surface area contributed by atoms with Gasteiger partial charge in [0.05, 0.1) is 12.3 Å². The molecule has 20 nitrogen and oxygen atoms in total. The molecule has 0 unspecified atom stereocenters. The Balaban J connectivity index is 1.33. The molecule has 2 N–H and O–H groups in total. The number of carbonyl (C=O) groups is 3. The van der Waals surface area contributed by atoms with E-state index >= 15 is 0 Å². The first-order valence-corrected chi connectivity index (χ1v) is 18.9. The molecule has 2 saturated heterocycles. The van der Waals surface area contributed by atoms with Gasteiger partial charge in [0.2, 0.25) is 5.91 Å². The number of rotatable bonds is 14. The Labute approximate surface area is 312 Å². The summed E-state index contributed by atoms with van der Waals surface area (Å²) in [5, 5.41) is 12.1. The summed E-state index contributed by atoms with van der Waals surface area (Å²) in [6, 6.07) is 8.85. The van der Waals surface area contributed by atoms with Crippen LogP contribution in [0.1, 0.15) is 40.0 Å². The fourth-order valence-electron chi connectivity index (χ4n) is 6.01. The topological polar surface area (TPSA) is 250 Å². The number of ether oxygens (including phenoxy) is 1. The van der Waals surface area contributed by atoms with Gasteiger partial charge in [0.15, 0.2) is 17.3 Å². The molecular weight excluding hydrogens is 747 g/mol. The van der Waals surface area contributed by atoms with E-state index in [1.54, 1.807) is 31.4 Å². The van der Waals surface area contributed by atoms with Crippen LogP contribution in [0.5, 0.6) is 0 Å². The second kappa shape index (κ2) is 16.8. The molecule has 1 aromatic carbocycles. The highest BCUT2D eigenvalue weighted by molar-refractivity contribution is 7.53. The first-order valence-electron chi connectivity index (χ1n) is 17.2. The number of anilines is 1. The summed E-state index contributed by atoms with van der Waals surface area (Å²) in [5.41, 5.74) is 0.514. The zero-order valence-corrected chi connectivity index (χ0v) is 31.0. The summed E-state index contributed by atoms with van der Waals surface area (Å²) in [6.45, 7) is 2.62. The molecule has 4 aromatic rings. The van der Waals surface area contributed by atoms with Crippen molar-refractivity contribution < 1.29 is 55.5 Å². The largest absolute Gasteiger partial charge is 0.519 e. The van der Waals surface area contributed by atoms with Crippen molar-refractivity contribution in [1.29, 1.82) is 0 Å². The van der Waals surface area contributed by atoms with Crippen LogP contribution in [0.4, 0.5) is 10.6 Å². The van der Waals surface area contributed by atoms with E-state index in [0.29, 0.717) is 24.5 Å². The van der Waals surface area contributed by atoms with Gasteiger partial charge >= 0.3 is 25.3 Å². The molecule has 294 valence electrons. The highest BCUT2D eigenvalue weighted by Crippen LogP contribution is 2.50. The first kappa shape index (κ1) is 39.1. The van der Waals surface area contributed by atoms with Gasteiger partial charge in [-0.2, -0.15) is 0 Å². The Hall–Kier alpha value is -5.56. The molecule has 0 radical (unpaired) electrons. The van der Waals surface area contributed by atoms with Gasteiger partial charge in [0.25, 0.3) is 5.91 Å². The average molecular weight is 787 g/mol. The normalized spacial score (nSPS) is 16.7. The highest BCUT2D eigenvalue weighted by Gasteiger charge is 2.39. The van der Waals surface area contributed by atoms with E-state index in [4.69, 9.17) is 36.4 Å². The molecule has 0 aliphatic carbocycles. The molecule has 2 atom stereocenters. The van der Waals surface area contributed by atoms with Gasteiger partial charge in [-0.3, -0.25) is 14.2 Å². The average Bonchev–Trinajstić information content (AvgIpc) is 3.89. The van der Waals surface area contributed by atoms with Crippen molar-refractivity contribution in [2.45, 2.75) is 45.6 Å². The van der Waals surface area contributed by atoms with Crippen LogP contribution in [0, 0.1) is 13.8 Å². The third-order valence-corrected chi connectivity index (χ3v) is 11.0. The molecule has 0 spiro atoms. The summed E-state index contributed by atoms with van der Waals surface area (Å²) < 4.78 is 51.2. The zero-order chi connectivity index (χ0) is 39.3. The predicted molar refractivity (Wildman–Crippen MR) is 189 cm³/mol. The van der Waals surface area contributed by atoms with Crippen LogP contribution < -0.4 is 21.9 Å². The van der Waals surface area contributed by atoms with Crippen LogP contribution in [0.15, 0.2) is 63.7 Å². The van der Waals surface area contributed by atoms with E-state index in [9.17, 15) is 33.6 Å². The second-order valence-corrected chi connectivity index (χ2v) is 14.8. The van der Waals surface area contributed by atoms with E-state index in [1.165, 1.54) is 24.8 Å². The summed E-state index contributed by atoms with van der Waals surface area (Å²) in [5.74, 6) is -3.09. The maximum absolute atomic E-state index is 14.6. The number of aromatic nitrogens is 2. The Kier molecular flexibility index (Phi) is 12.0. The fraction of sp³-hybridized carbons (Fsp3) is 0.441. The van der Waals surface area contributed by atoms with E-state index in [1.807, 2.05) is 11.0 Å². The molecule has 0 bridgehead atoms. The van der Waals surface area contributed by atoms with Crippen molar-refractivity contribution in [2.75, 3.05) is 57.4 Å². The summed E-state index contributed by atoms with van der Waals surface area (Å²) in [4.78, 5) is 77.1. The number of methoxy groups -OCH3 is 1. The third-order valence-electron chi connectivity index (χ3n) is 9.11. The minimum atomic E-state index is -4.53. The predicted octanol–water partition coefficient (Wildman–Crippen LogP) is 2.63. The minimum Gasteiger partial charge on any atom is -0.465 e. The van der Waals surface area contributed by atoms with Crippen molar-refractivity contribution in [3.05, 3.63) is 86.4 Å². The molecule has 5 heterocycles. The molecule has 2 aliphatic rings. The minimum absolute atomic E-state index is 0.0159. The van der Waals surface area contributed by atoms with E-state index < -0.39 is 62.6 Å². The lowest BCUT2D eigenvalue weighted by atomic mass is 10.2. The lowest BCUT2D eigenvalue weighted by molar-refractivity contribution is -0.134. The van der Waals surface area contributed by atoms with Crippen LogP contribution in [-0.2, 0) is 36.4 Å². The van der Waals surface area contributed by atoms with Crippen LogP contribution in [0.2, 0.25) is 0 Å². The smallest absolute Gasteiger partial charge is 0.465 e. The van der Waals surface area contributed by atoms with Crippen molar-refractivity contribution in [3.63, 3.8) is 0 Å². The monoisotopic (exact) mass is 786 g/mol. The van der Waals surface area contributed by atoms with Gasteiger partial charge in [-0.05, 0) is 20.3 Å². The Morgan fingerprint density at radius 1 is 0.909 bits per heavy atom. The van der Waals surface area contributed by atoms with Gasteiger partial charge in [-0.15, -0.1) is 0 Å². The van der Waals surface area contributed by atoms with Crippen molar-refractivity contribution in [2.24, 2.45) is 0 Å². The molecule has 0 saturated carbocycles. The van der Waals surface area contributed by atoms with Crippen LogP contribution >= 0.6 is 7.60 Å². The second-order valence-electron chi connectivity index (χ2n) is 12.7. The number of nitrogens with zero attached hydrogens (tertiary/aromatic N) is 5. The number of amides is 3. The molecule has 2 aliphatic heterocycles. The van der Waals surface area contributed by atoms with Crippen LogP contribution in [0.25, 0.3) is 11.4 Å². The number of carbonyl (C=O) groups excluding carboxylic acids is 2. The molecule has 21 heteroatoms. The molecular formula is C34H39N6O14P. The van der Waals surface area contributed by atoms with E-state index in [2.05, 4.69) is 10.3 Å². The lowest BCUT2D eigenvalue weighted by Crippen LogP contribution is -2.56. The van der Waals surface area contributed by atoms with Gasteiger partial charge in [-0.25, -0.2) is 24.4 Å². The van der Waals surface area contributed by atoms with E-state index in [0.717, 1.165) is 11.3 Å². The van der Waals surface area contributed by atoms with Crippen LogP contribution in [0.3, 0.4) is 0 Å². The first-order chi connectivity index (χ1) is 26.3. The summed E-state index contributed by atoms with van der Waals surface area (Å²) >= 11 is 0. The van der Waals surface area contributed by atoms with Gasteiger partial charge in [-0.1, -0.05) is 30.3 Å². The zero-order valence-electron chi connectivity index (χ0n) is 30.1. The maximum Gasteiger partial charge on any atom is 0.519 e. The number of piperazine rings is 1. The number of hydrogen-bond donors (Lipinski definition) is 2. The van der Waals surface area contributed by atoms with Crippen molar-refractivity contribution in [1.82, 2.24) is 25.1 Å². The number of nitrogens with one attached hydrogen (secondary N) is 1. The number of aryl methyl sites for hydroxylation is 2. The van der Waals surface area contributed by atoms with Crippen molar-refractivity contribution >= 4 is 31.3 Å². The molecule has 3 aromatic heterocycles. The SMILES string of the molecule is CO[C@H]1CCN(c2cc(C(=O)N[C@@H](CP(=O)(OCc3oc(=O)oc3C)OCc3oc(=O)oc3C)C(=O)N3CCN(C(=O)O)CC3)nc(-c3ccccc3)n2)C1. The van der Waals surface area contributed by atoms with Gasteiger partial charge < -0.3 is 56.6 Å². The van der Waals surface area contributed by atoms with E-state index in [-0.39, 0.29) is 66.8 Å². The quantitative estimate of drug-likeness (QED) is 0.174. The maximum atomic E-state index is 14.6. The highest BCUT2D eigenvalue weighted by atomic mass is 31.2. The number of benzene rings is 1. The summed E-state index contributed by atoms with van der Waals surface area (Å²) in [6.07, 6.45) is -1.26. The Morgan fingerprint density at radius 3 is 2.04 bits per heavy atom. The molecule has 2 fully saturated rings. The third kappa shape index (κ3) is 9.58. The number of hydrogen-bond acceptors (Lipinski definition) is 16. The number of carboxylic acid groups (broad SMARTS) is 1. The fourth-order valence-corrected chi connectivity index (χ4v) is 7.61. The molecule has 6 rings (SSSR count). The van der Waals surface area contributed by atoms with Crippen molar-refractivity contribution in [3.8, 4) is 11.4 Å². The Bertz CT molecular complexity index is 2110. The molecule has 55 heavy (non-hydrogen) atoms. The van der Waals surface area contributed by atoms with Gasteiger partial charge in [0, 0.05) is 58.0 Å².